The van der Waals surface area contributed by atoms with Crippen molar-refractivity contribution in [3.63, 3.8) is 0 Å². The average molecular weight is 510 g/mol. The summed E-state index contributed by atoms with van der Waals surface area (Å²) in [5.74, 6) is 0.868. The van der Waals surface area contributed by atoms with Crippen molar-refractivity contribution in [3.05, 3.63) is 63.7 Å². The summed E-state index contributed by atoms with van der Waals surface area (Å²) in [6.07, 6.45) is 1.36. The number of hydrazone groups is 1. The van der Waals surface area contributed by atoms with Crippen molar-refractivity contribution < 1.29 is 23.9 Å². The highest BCUT2D eigenvalue weighted by Gasteiger charge is 2.36. The number of nitrogens with one attached hydrogen (secondary N) is 1. The molecule has 2 aromatic carbocycles. The predicted octanol–water partition coefficient (Wildman–Crippen LogP) is 4.34. The highest BCUT2D eigenvalue weighted by molar-refractivity contribution is 8.27. The molecule has 1 amide bonds. The number of benzene rings is 2. The van der Waals surface area contributed by atoms with E-state index < -0.39 is 10.8 Å². The lowest BCUT2D eigenvalue weighted by molar-refractivity contribution is -0.384. The number of non-ortho nitro benzene ring substituents is 1. The van der Waals surface area contributed by atoms with E-state index in [0.29, 0.717) is 22.4 Å². The Kier molecular flexibility index (Phi) is 7.34. The van der Waals surface area contributed by atoms with Crippen LogP contribution in [0.2, 0.25) is 0 Å². The maximum atomic E-state index is 12.7. The lowest BCUT2D eigenvalue weighted by atomic mass is 10.1. The van der Waals surface area contributed by atoms with Gasteiger partial charge in [0, 0.05) is 29.7 Å². The Morgan fingerprint density at radius 1 is 1.17 bits per heavy atom. The summed E-state index contributed by atoms with van der Waals surface area (Å²) in [5, 5.41) is 26.6. The van der Waals surface area contributed by atoms with Gasteiger partial charge in [0.05, 0.1) is 17.6 Å². The van der Waals surface area contributed by atoms with Crippen LogP contribution >= 0.6 is 11.8 Å². The first-order chi connectivity index (χ1) is 17.3. The number of thioether (sulfide) groups is 1. The molecule has 4 rings (SSSR count). The number of nitro groups is 1. The third-order valence-corrected chi connectivity index (χ3v) is 6.33. The van der Waals surface area contributed by atoms with Crippen LogP contribution in [-0.2, 0) is 4.79 Å². The van der Waals surface area contributed by atoms with E-state index in [1.54, 1.807) is 31.4 Å². The van der Waals surface area contributed by atoms with Gasteiger partial charge in [-0.3, -0.25) is 20.3 Å². The summed E-state index contributed by atoms with van der Waals surface area (Å²) in [4.78, 5) is 27.6. The van der Waals surface area contributed by atoms with E-state index in [9.17, 15) is 14.9 Å². The van der Waals surface area contributed by atoms with Gasteiger partial charge in [-0.15, -0.1) is 0 Å². The Morgan fingerprint density at radius 2 is 1.92 bits per heavy atom. The predicted molar refractivity (Wildman–Crippen MR) is 137 cm³/mol. The highest BCUT2D eigenvalue weighted by Crippen LogP contribution is 2.33. The molecule has 1 N–H and O–H groups in total. The van der Waals surface area contributed by atoms with Crippen LogP contribution in [0.25, 0.3) is 6.08 Å². The zero-order chi connectivity index (χ0) is 25.8. The first-order valence-electron chi connectivity index (χ1n) is 10.9. The number of aliphatic imine (C=N–C) groups is 1. The molecule has 0 atom stereocenters. The molecule has 0 saturated carbocycles. The van der Waals surface area contributed by atoms with Gasteiger partial charge in [0.15, 0.2) is 5.84 Å². The Labute approximate surface area is 211 Å². The lowest BCUT2D eigenvalue weighted by Crippen LogP contribution is -2.35. The second-order valence-electron chi connectivity index (χ2n) is 7.97. The molecule has 12 heteroatoms. The second kappa shape index (κ2) is 10.6. The van der Waals surface area contributed by atoms with Crippen LogP contribution in [0.4, 0.5) is 5.69 Å². The van der Waals surface area contributed by atoms with Gasteiger partial charge in [-0.25, -0.2) is 0 Å². The van der Waals surface area contributed by atoms with Gasteiger partial charge in [-0.2, -0.15) is 15.1 Å². The largest absolute Gasteiger partial charge is 0.497 e. The third kappa shape index (κ3) is 5.38. The first-order valence-corrected chi connectivity index (χ1v) is 11.8. The van der Waals surface area contributed by atoms with Crippen molar-refractivity contribution in [3.8, 4) is 17.2 Å². The SMILES string of the molecule is COc1cccc(OCCOc2ccc([N+](=O)[O-])cc2/C=C2/C(=N)N3N=C(C(C)C)SC3=NC2=O)c1. The summed E-state index contributed by atoms with van der Waals surface area (Å²) in [6, 6.07) is 11.2. The molecule has 0 aromatic heterocycles. The number of fused-ring (bicyclic) bond motifs is 1. The molecule has 0 saturated heterocycles. The van der Waals surface area contributed by atoms with Gasteiger partial charge in [0.25, 0.3) is 11.6 Å². The number of carbonyl (C=O) groups excluding carboxylic acids is 1. The van der Waals surface area contributed by atoms with Crippen molar-refractivity contribution in [2.24, 2.45) is 16.0 Å². The maximum Gasteiger partial charge on any atom is 0.283 e. The summed E-state index contributed by atoms with van der Waals surface area (Å²) < 4.78 is 16.7. The normalized spacial score (nSPS) is 16.1. The average Bonchev–Trinajstić information content (AvgIpc) is 3.29. The number of amides is 1. The fourth-order valence-electron chi connectivity index (χ4n) is 3.29. The molecule has 0 radical (unpaired) electrons. The number of amidine groups is 2. The molecule has 2 heterocycles. The lowest BCUT2D eigenvalue weighted by Gasteiger charge is -2.20. The minimum atomic E-state index is -0.627. The number of rotatable bonds is 9. The monoisotopic (exact) mass is 509 g/mol. The highest BCUT2D eigenvalue weighted by atomic mass is 32.2. The number of hydrogen-bond donors (Lipinski definition) is 1. The van der Waals surface area contributed by atoms with E-state index in [1.165, 1.54) is 41.0 Å². The van der Waals surface area contributed by atoms with Crippen molar-refractivity contribution in [2.45, 2.75) is 13.8 Å². The summed E-state index contributed by atoms with van der Waals surface area (Å²) in [6.45, 7) is 4.24. The number of hydrogen-bond acceptors (Lipinski definition) is 9. The number of methoxy groups -OCH3 is 1. The van der Waals surface area contributed by atoms with Crippen LogP contribution in [0.1, 0.15) is 19.4 Å². The minimum Gasteiger partial charge on any atom is -0.497 e. The van der Waals surface area contributed by atoms with Crippen LogP contribution in [0.5, 0.6) is 17.2 Å². The minimum absolute atomic E-state index is 0.0499. The second-order valence-corrected chi connectivity index (χ2v) is 8.96. The standard InChI is InChI=1S/C24H23N5O6S/c1-14(2)23-27-28-21(25)19(22(30)26-24(28)36-23)12-15-11-16(29(31)32)7-8-20(15)35-10-9-34-18-6-4-5-17(13-18)33-3/h4-8,11-14,25H,9-10H2,1-3H3/b19-12-,25-21?. The van der Waals surface area contributed by atoms with Crippen LogP contribution in [0.3, 0.4) is 0 Å². The van der Waals surface area contributed by atoms with Crippen molar-refractivity contribution >= 4 is 45.5 Å². The van der Waals surface area contributed by atoms with Crippen molar-refractivity contribution in [2.75, 3.05) is 20.3 Å². The van der Waals surface area contributed by atoms with Crippen molar-refractivity contribution in [1.29, 1.82) is 5.41 Å². The summed E-state index contributed by atoms with van der Waals surface area (Å²) >= 11 is 1.24. The zero-order valence-corrected chi connectivity index (χ0v) is 20.6. The topological polar surface area (TPSA) is 140 Å². The van der Waals surface area contributed by atoms with Crippen molar-refractivity contribution in [1.82, 2.24) is 5.01 Å². The van der Waals surface area contributed by atoms with E-state index in [0.717, 1.165) is 5.04 Å². The molecule has 2 aliphatic rings. The van der Waals surface area contributed by atoms with Gasteiger partial charge >= 0.3 is 0 Å². The molecule has 0 unspecified atom stereocenters. The van der Waals surface area contributed by atoms with E-state index in [-0.39, 0.29) is 41.8 Å². The number of carbonyl (C=O) groups is 1. The van der Waals surface area contributed by atoms with Crippen LogP contribution in [-0.4, -0.2) is 52.2 Å². The first kappa shape index (κ1) is 24.9. The smallest absolute Gasteiger partial charge is 0.283 e. The molecule has 186 valence electrons. The van der Waals surface area contributed by atoms with Crippen LogP contribution in [0.15, 0.2) is 58.1 Å². The fraction of sp³-hybridized carbons (Fsp3) is 0.250. The summed E-state index contributed by atoms with van der Waals surface area (Å²) in [5.41, 5.74) is 0.0287. The molecule has 2 aliphatic heterocycles. The molecule has 0 bridgehead atoms. The molecule has 0 fully saturated rings. The molecule has 0 spiro atoms. The van der Waals surface area contributed by atoms with Gasteiger partial charge in [-0.1, -0.05) is 19.9 Å². The number of ether oxygens (including phenoxy) is 3. The number of nitro benzene ring substituents is 1. The number of nitrogens with zero attached hydrogens (tertiary/aromatic N) is 4. The zero-order valence-electron chi connectivity index (χ0n) is 19.8. The fourth-order valence-corrected chi connectivity index (χ4v) is 4.18. The van der Waals surface area contributed by atoms with Gasteiger partial charge in [0.2, 0.25) is 5.17 Å². The van der Waals surface area contributed by atoms with E-state index in [4.69, 9.17) is 19.6 Å². The quantitative estimate of drug-likeness (QED) is 0.228. The Morgan fingerprint density at radius 3 is 2.64 bits per heavy atom. The molecular weight excluding hydrogens is 486 g/mol. The Bertz CT molecular complexity index is 1320. The Balaban J connectivity index is 1.55. The Hall–Kier alpha value is -4.19. The van der Waals surface area contributed by atoms with Gasteiger partial charge in [-0.05, 0) is 36.0 Å². The molecule has 11 nitrogen and oxygen atoms in total. The summed E-state index contributed by atoms with van der Waals surface area (Å²) in [7, 11) is 1.56. The van der Waals surface area contributed by atoms with Gasteiger partial charge in [0.1, 0.15) is 35.5 Å². The third-order valence-electron chi connectivity index (χ3n) is 5.12. The molecule has 0 aliphatic carbocycles. The molecule has 36 heavy (non-hydrogen) atoms. The van der Waals surface area contributed by atoms with Crippen LogP contribution < -0.4 is 14.2 Å². The van der Waals surface area contributed by atoms with Gasteiger partial charge < -0.3 is 14.2 Å². The van der Waals surface area contributed by atoms with Crippen LogP contribution in [0, 0.1) is 21.4 Å². The maximum absolute atomic E-state index is 12.7. The molecule has 2 aromatic rings. The van der Waals surface area contributed by atoms with E-state index in [2.05, 4.69) is 10.1 Å². The molecular formula is C24H23N5O6S. The van der Waals surface area contributed by atoms with E-state index in [1.807, 2.05) is 13.8 Å². The van der Waals surface area contributed by atoms with E-state index >= 15 is 0 Å².